The molecule has 1 N–H and O–H groups in total. The minimum Gasteiger partial charge on any atom is -0.493 e. The van der Waals surface area contributed by atoms with Crippen LogP contribution in [0.5, 0.6) is 11.5 Å². The molecule has 1 aromatic heterocycles. The Kier molecular flexibility index (Phi) is 10.2. The summed E-state index contributed by atoms with van der Waals surface area (Å²) in [6.45, 7) is 10.9. The quantitative estimate of drug-likeness (QED) is 0.485. The van der Waals surface area contributed by atoms with Crippen molar-refractivity contribution < 1.29 is 19.1 Å². The lowest BCUT2D eigenvalue weighted by atomic mass is 10.1. The standard InChI is InChI=1S/C26H39N3O4S/c1-8-19(2)29(25(31)27-26(3,4)5)18-24(30)28(17-21-10-9-15-34-21)14-13-20-11-12-22(32-6)23(16-20)33-7/h9-12,15-16,19H,8,13-14,17-18H2,1-7H3,(H,27,31). The number of ether oxygens (including phenoxy) is 2. The van der Waals surface area contributed by atoms with Crippen LogP contribution in [0.4, 0.5) is 4.79 Å². The van der Waals surface area contributed by atoms with Crippen LogP contribution in [0.2, 0.25) is 0 Å². The molecule has 0 spiro atoms. The van der Waals surface area contributed by atoms with E-state index in [2.05, 4.69) is 5.32 Å². The smallest absolute Gasteiger partial charge is 0.318 e. The van der Waals surface area contributed by atoms with Gasteiger partial charge in [0.15, 0.2) is 11.5 Å². The Hall–Kier alpha value is -2.74. The fourth-order valence-electron chi connectivity index (χ4n) is 3.47. The van der Waals surface area contributed by atoms with E-state index in [0.29, 0.717) is 31.0 Å². The number of carbonyl (C=O) groups is 2. The van der Waals surface area contributed by atoms with E-state index < -0.39 is 0 Å². The van der Waals surface area contributed by atoms with Crippen LogP contribution in [0.1, 0.15) is 51.5 Å². The van der Waals surface area contributed by atoms with Gasteiger partial charge in [0.1, 0.15) is 6.54 Å². The van der Waals surface area contributed by atoms with E-state index in [4.69, 9.17) is 9.47 Å². The minimum absolute atomic E-state index is 0.0359. The number of urea groups is 1. The van der Waals surface area contributed by atoms with Crippen molar-refractivity contribution in [3.8, 4) is 11.5 Å². The normalized spacial score (nSPS) is 12.1. The molecule has 8 heteroatoms. The second-order valence-electron chi connectivity index (χ2n) is 9.40. The molecule has 188 valence electrons. The Labute approximate surface area is 208 Å². The third-order valence-electron chi connectivity index (χ3n) is 5.57. The number of benzene rings is 1. The van der Waals surface area contributed by atoms with Crippen LogP contribution in [-0.4, -0.2) is 60.6 Å². The van der Waals surface area contributed by atoms with Crippen LogP contribution in [-0.2, 0) is 17.8 Å². The molecule has 7 nitrogen and oxygen atoms in total. The average Bonchev–Trinajstić information content (AvgIpc) is 3.31. The van der Waals surface area contributed by atoms with Gasteiger partial charge < -0.3 is 24.6 Å². The molecule has 0 saturated heterocycles. The van der Waals surface area contributed by atoms with Gasteiger partial charge in [-0.2, -0.15) is 0 Å². The zero-order valence-corrected chi connectivity index (χ0v) is 22.3. The van der Waals surface area contributed by atoms with E-state index >= 15 is 0 Å². The first-order chi connectivity index (χ1) is 16.1. The van der Waals surface area contributed by atoms with E-state index in [9.17, 15) is 9.59 Å². The number of hydrogen-bond acceptors (Lipinski definition) is 5. The van der Waals surface area contributed by atoms with Crippen molar-refractivity contribution in [2.24, 2.45) is 0 Å². The molecule has 0 aliphatic heterocycles. The van der Waals surface area contributed by atoms with Gasteiger partial charge in [-0.1, -0.05) is 19.1 Å². The maximum absolute atomic E-state index is 13.5. The highest BCUT2D eigenvalue weighted by atomic mass is 32.1. The van der Waals surface area contributed by atoms with Gasteiger partial charge in [0, 0.05) is 23.0 Å². The van der Waals surface area contributed by atoms with Gasteiger partial charge in [-0.25, -0.2) is 4.79 Å². The highest BCUT2D eigenvalue weighted by Crippen LogP contribution is 2.28. The van der Waals surface area contributed by atoms with E-state index in [1.807, 2.05) is 75.2 Å². The maximum Gasteiger partial charge on any atom is 0.318 e. The molecular weight excluding hydrogens is 450 g/mol. The molecule has 0 saturated carbocycles. The van der Waals surface area contributed by atoms with Gasteiger partial charge in [0.2, 0.25) is 5.91 Å². The molecule has 2 rings (SSSR count). The molecule has 0 fully saturated rings. The molecule has 0 bridgehead atoms. The zero-order valence-electron chi connectivity index (χ0n) is 21.5. The van der Waals surface area contributed by atoms with Crippen molar-refractivity contribution in [2.45, 2.75) is 65.6 Å². The van der Waals surface area contributed by atoms with E-state index in [1.54, 1.807) is 30.5 Å². The number of methoxy groups -OCH3 is 2. The first kappa shape index (κ1) is 27.5. The Morgan fingerprint density at radius 3 is 2.38 bits per heavy atom. The van der Waals surface area contributed by atoms with Gasteiger partial charge >= 0.3 is 6.03 Å². The van der Waals surface area contributed by atoms with Crippen molar-refractivity contribution in [3.63, 3.8) is 0 Å². The topological polar surface area (TPSA) is 71.1 Å². The molecule has 1 atom stereocenters. The summed E-state index contributed by atoms with van der Waals surface area (Å²) in [4.78, 5) is 31.0. The lowest BCUT2D eigenvalue weighted by molar-refractivity contribution is -0.132. The predicted octanol–water partition coefficient (Wildman–Crippen LogP) is 4.95. The lowest BCUT2D eigenvalue weighted by Crippen LogP contribution is -2.54. The third kappa shape index (κ3) is 8.24. The van der Waals surface area contributed by atoms with E-state index in [-0.39, 0.29) is 30.1 Å². The molecule has 1 heterocycles. The number of carbonyl (C=O) groups excluding carboxylic acids is 2. The van der Waals surface area contributed by atoms with Crippen molar-refractivity contribution in [2.75, 3.05) is 27.3 Å². The number of rotatable bonds is 11. The van der Waals surface area contributed by atoms with Crippen LogP contribution in [0.25, 0.3) is 0 Å². The number of nitrogens with one attached hydrogen (secondary N) is 1. The Balaban J connectivity index is 2.19. The van der Waals surface area contributed by atoms with Crippen molar-refractivity contribution in [1.29, 1.82) is 0 Å². The summed E-state index contributed by atoms with van der Waals surface area (Å²) < 4.78 is 10.7. The molecular formula is C26H39N3O4S. The van der Waals surface area contributed by atoms with Crippen molar-refractivity contribution in [3.05, 3.63) is 46.2 Å². The van der Waals surface area contributed by atoms with Gasteiger partial charge in [-0.15, -0.1) is 11.3 Å². The monoisotopic (exact) mass is 489 g/mol. The highest BCUT2D eigenvalue weighted by molar-refractivity contribution is 7.09. The Morgan fingerprint density at radius 1 is 1.12 bits per heavy atom. The van der Waals surface area contributed by atoms with Gasteiger partial charge in [0.05, 0.1) is 20.8 Å². The van der Waals surface area contributed by atoms with Gasteiger partial charge in [-0.05, 0) is 69.7 Å². The molecule has 0 aliphatic rings. The summed E-state index contributed by atoms with van der Waals surface area (Å²) in [6, 6.07) is 9.54. The lowest BCUT2D eigenvalue weighted by Gasteiger charge is -2.33. The van der Waals surface area contributed by atoms with Gasteiger partial charge in [0.25, 0.3) is 0 Å². The van der Waals surface area contributed by atoms with Crippen LogP contribution in [0, 0.1) is 0 Å². The summed E-state index contributed by atoms with van der Waals surface area (Å²) in [7, 11) is 3.22. The minimum atomic E-state index is -0.379. The predicted molar refractivity (Wildman–Crippen MR) is 138 cm³/mol. The first-order valence-corrected chi connectivity index (χ1v) is 12.6. The number of amides is 3. The summed E-state index contributed by atoms with van der Waals surface area (Å²) in [5.74, 6) is 1.27. The van der Waals surface area contributed by atoms with Gasteiger partial charge in [-0.3, -0.25) is 4.79 Å². The molecule has 34 heavy (non-hydrogen) atoms. The average molecular weight is 490 g/mol. The summed E-state index contributed by atoms with van der Waals surface area (Å²) in [6.07, 6.45) is 1.43. The van der Waals surface area contributed by atoms with Crippen LogP contribution in [0.3, 0.4) is 0 Å². The molecule has 3 amide bonds. The molecule has 0 radical (unpaired) electrons. The SMILES string of the molecule is CCC(C)N(CC(=O)N(CCc1ccc(OC)c(OC)c1)Cc1cccs1)C(=O)NC(C)(C)C. The molecule has 2 aromatic rings. The molecule has 1 unspecified atom stereocenters. The van der Waals surface area contributed by atoms with E-state index in [0.717, 1.165) is 16.9 Å². The molecule has 1 aromatic carbocycles. The largest absolute Gasteiger partial charge is 0.493 e. The van der Waals surface area contributed by atoms with Crippen molar-refractivity contribution >= 4 is 23.3 Å². The summed E-state index contributed by atoms with van der Waals surface area (Å²) >= 11 is 1.62. The first-order valence-electron chi connectivity index (χ1n) is 11.7. The Bertz CT molecular complexity index is 925. The highest BCUT2D eigenvalue weighted by Gasteiger charge is 2.27. The fourth-order valence-corrected chi connectivity index (χ4v) is 4.19. The number of hydrogen-bond donors (Lipinski definition) is 1. The number of nitrogens with zero attached hydrogens (tertiary/aromatic N) is 2. The summed E-state index contributed by atoms with van der Waals surface area (Å²) in [5, 5.41) is 5.01. The second-order valence-corrected chi connectivity index (χ2v) is 10.4. The van der Waals surface area contributed by atoms with E-state index in [1.165, 1.54) is 0 Å². The van der Waals surface area contributed by atoms with Crippen LogP contribution in [0.15, 0.2) is 35.7 Å². The summed E-state index contributed by atoms with van der Waals surface area (Å²) in [5.41, 5.74) is 0.668. The number of thiophene rings is 1. The van der Waals surface area contributed by atoms with Crippen LogP contribution >= 0.6 is 11.3 Å². The fraction of sp³-hybridized carbons (Fsp3) is 0.538. The second kappa shape index (κ2) is 12.6. The van der Waals surface area contributed by atoms with Crippen molar-refractivity contribution in [1.82, 2.24) is 15.1 Å². The zero-order chi connectivity index (χ0) is 25.3. The molecule has 0 aliphatic carbocycles. The van der Waals surface area contributed by atoms with Crippen LogP contribution < -0.4 is 14.8 Å². The third-order valence-corrected chi connectivity index (χ3v) is 6.43. The Morgan fingerprint density at radius 2 is 1.82 bits per heavy atom. The maximum atomic E-state index is 13.5.